The Bertz CT molecular complexity index is 794. The molecule has 4 nitrogen and oxygen atoms in total. The lowest BCUT2D eigenvalue weighted by atomic mass is 10.1. The van der Waals surface area contributed by atoms with Crippen LogP contribution in [0.2, 0.25) is 0 Å². The smallest absolute Gasteiger partial charge is 0.137 e. The van der Waals surface area contributed by atoms with Crippen molar-refractivity contribution in [1.82, 2.24) is 4.98 Å². The quantitative estimate of drug-likeness (QED) is 0.787. The standard InChI is InChI=1S/C18H19N3O/c1-21(2)18-17-13(10-11-19-18)6-4-9-16(17)20-14-7-5-8-15(12-14)22-3/h4-12,20H,1-3H3. The van der Waals surface area contributed by atoms with Crippen molar-refractivity contribution < 1.29 is 4.74 Å². The third-order valence-corrected chi connectivity index (χ3v) is 3.54. The van der Waals surface area contributed by atoms with Gasteiger partial charge in [0.25, 0.3) is 0 Å². The van der Waals surface area contributed by atoms with E-state index in [2.05, 4.69) is 22.4 Å². The lowest BCUT2D eigenvalue weighted by Gasteiger charge is -2.17. The number of nitrogens with zero attached hydrogens (tertiary/aromatic N) is 2. The Kier molecular flexibility index (Phi) is 3.83. The zero-order valence-electron chi connectivity index (χ0n) is 13.0. The molecule has 1 heterocycles. The molecule has 0 spiro atoms. The number of aromatic nitrogens is 1. The van der Waals surface area contributed by atoms with Gasteiger partial charge in [0.2, 0.25) is 0 Å². The Morgan fingerprint density at radius 2 is 1.86 bits per heavy atom. The Hall–Kier alpha value is -2.75. The van der Waals surface area contributed by atoms with E-state index in [0.29, 0.717) is 0 Å². The normalized spacial score (nSPS) is 10.5. The van der Waals surface area contributed by atoms with Crippen LogP contribution < -0.4 is 15.0 Å². The molecule has 2 aromatic carbocycles. The molecule has 0 fully saturated rings. The van der Waals surface area contributed by atoms with E-state index in [1.165, 1.54) is 0 Å². The molecule has 0 amide bonds. The van der Waals surface area contributed by atoms with Crippen LogP contribution in [-0.2, 0) is 0 Å². The molecule has 0 bridgehead atoms. The maximum absolute atomic E-state index is 5.28. The summed E-state index contributed by atoms with van der Waals surface area (Å²) in [5.41, 5.74) is 2.02. The molecule has 1 aromatic heterocycles. The minimum Gasteiger partial charge on any atom is -0.497 e. The zero-order chi connectivity index (χ0) is 15.5. The van der Waals surface area contributed by atoms with E-state index >= 15 is 0 Å². The maximum atomic E-state index is 5.28. The summed E-state index contributed by atoms with van der Waals surface area (Å²) >= 11 is 0. The van der Waals surface area contributed by atoms with Gasteiger partial charge in [-0.05, 0) is 29.7 Å². The van der Waals surface area contributed by atoms with Gasteiger partial charge in [0.1, 0.15) is 11.6 Å². The number of fused-ring (bicyclic) bond motifs is 1. The number of pyridine rings is 1. The molecule has 0 aliphatic rings. The SMILES string of the molecule is COc1cccc(Nc2cccc3ccnc(N(C)C)c23)c1. The van der Waals surface area contributed by atoms with E-state index in [0.717, 1.165) is 33.7 Å². The van der Waals surface area contributed by atoms with Crippen LogP contribution in [0, 0.1) is 0 Å². The highest BCUT2D eigenvalue weighted by molar-refractivity contribution is 6.02. The van der Waals surface area contributed by atoms with E-state index < -0.39 is 0 Å². The number of hydrogen-bond donors (Lipinski definition) is 1. The monoisotopic (exact) mass is 293 g/mol. The summed E-state index contributed by atoms with van der Waals surface area (Å²) in [5, 5.41) is 5.74. The molecule has 3 rings (SSSR count). The van der Waals surface area contributed by atoms with E-state index in [1.54, 1.807) is 7.11 Å². The molecule has 0 aliphatic heterocycles. The maximum Gasteiger partial charge on any atom is 0.137 e. The van der Waals surface area contributed by atoms with Crippen molar-refractivity contribution in [2.75, 3.05) is 31.4 Å². The fourth-order valence-corrected chi connectivity index (χ4v) is 2.51. The van der Waals surface area contributed by atoms with E-state index in [9.17, 15) is 0 Å². The summed E-state index contributed by atoms with van der Waals surface area (Å²) in [5.74, 6) is 1.78. The lowest BCUT2D eigenvalue weighted by molar-refractivity contribution is 0.415. The molecule has 112 valence electrons. The van der Waals surface area contributed by atoms with E-state index in [-0.39, 0.29) is 0 Å². The van der Waals surface area contributed by atoms with Crippen LogP contribution in [0.3, 0.4) is 0 Å². The lowest BCUT2D eigenvalue weighted by Crippen LogP contribution is -2.11. The van der Waals surface area contributed by atoms with E-state index in [1.807, 2.05) is 61.6 Å². The van der Waals surface area contributed by atoms with Crippen LogP contribution in [-0.4, -0.2) is 26.2 Å². The van der Waals surface area contributed by atoms with Gasteiger partial charge in [0.15, 0.2) is 0 Å². The second-order valence-corrected chi connectivity index (χ2v) is 5.29. The molecule has 1 N–H and O–H groups in total. The molecule has 0 unspecified atom stereocenters. The first kappa shape index (κ1) is 14.2. The summed E-state index contributed by atoms with van der Waals surface area (Å²) < 4.78 is 5.28. The molecule has 0 radical (unpaired) electrons. The number of methoxy groups -OCH3 is 1. The van der Waals surface area contributed by atoms with Crippen molar-refractivity contribution in [2.24, 2.45) is 0 Å². The van der Waals surface area contributed by atoms with Crippen LogP contribution >= 0.6 is 0 Å². The first-order valence-corrected chi connectivity index (χ1v) is 7.15. The molecule has 4 heteroatoms. The van der Waals surface area contributed by atoms with Gasteiger partial charge in [-0.3, -0.25) is 0 Å². The van der Waals surface area contributed by atoms with Crippen molar-refractivity contribution in [3.63, 3.8) is 0 Å². The van der Waals surface area contributed by atoms with Gasteiger partial charge < -0.3 is 15.0 Å². The van der Waals surface area contributed by atoms with Crippen molar-refractivity contribution in [3.05, 3.63) is 54.7 Å². The summed E-state index contributed by atoms with van der Waals surface area (Å²) in [6, 6.07) is 16.1. The predicted octanol–water partition coefficient (Wildman–Crippen LogP) is 4.05. The highest BCUT2D eigenvalue weighted by Crippen LogP contribution is 2.32. The molecule has 0 aliphatic carbocycles. The summed E-state index contributed by atoms with van der Waals surface area (Å²) in [6.07, 6.45) is 1.84. The number of hydrogen-bond acceptors (Lipinski definition) is 4. The largest absolute Gasteiger partial charge is 0.497 e. The minimum absolute atomic E-state index is 0.830. The van der Waals surface area contributed by atoms with Gasteiger partial charge in [0, 0.05) is 37.4 Å². The topological polar surface area (TPSA) is 37.4 Å². The van der Waals surface area contributed by atoms with Gasteiger partial charge >= 0.3 is 0 Å². The fraction of sp³-hybridized carbons (Fsp3) is 0.167. The van der Waals surface area contributed by atoms with Crippen LogP contribution in [0.15, 0.2) is 54.7 Å². The highest BCUT2D eigenvalue weighted by atomic mass is 16.5. The number of rotatable bonds is 4. The highest BCUT2D eigenvalue weighted by Gasteiger charge is 2.09. The van der Waals surface area contributed by atoms with Crippen molar-refractivity contribution in [2.45, 2.75) is 0 Å². The Labute approximate surface area is 130 Å². The summed E-state index contributed by atoms with van der Waals surface area (Å²) in [7, 11) is 5.68. The Balaban J connectivity index is 2.10. The molecule has 3 aromatic rings. The van der Waals surface area contributed by atoms with Gasteiger partial charge in [-0.2, -0.15) is 0 Å². The number of benzene rings is 2. The first-order valence-electron chi connectivity index (χ1n) is 7.15. The molecule has 22 heavy (non-hydrogen) atoms. The molecular formula is C18H19N3O. The van der Waals surface area contributed by atoms with Crippen molar-refractivity contribution in [1.29, 1.82) is 0 Å². The van der Waals surface area contributed by atoms with Crippen LogP contribution in [0.25, 0.3) is 10.8 Å². The molecule has 0 saturated heterocycles. The number of ether oxygens (including phenoxy) is 1. The fourth-order valence-electron chi connectivity index (χ4n) is 2.51. The third kappa shape index (κ3) is 2.68. The van der Waals surface area contributed by atoms with E-state index in [4.69, 9.17) is 4.74 Å². The minimum atomic E-state index is 0.830. The molecule has 0 atom stereocenters. The van der Waals surface area contributed by atoms with Gasteiger partial charge in [-0.15, -0.1) is 0 Å². The van der Waals surface area contributed by atoms with Gasteiger partial charge in [-0.25, -0.2) is 4.98 Å². The molecular weight excluding hydrogens is 274 g/mol. The zero-order valence-corrected chi connectivity index (χ0v) is 13.0. The van der Waals surface area contributed by atoms with Gasteiger partial charge in [0.05, 0.1) is 12.8 Å². The Morgan fingerprint density at radius 3 is 2.64 bits per heavy atom. The van der Waals surface area contributed by atoms with Gasteiger partial charge in [-0.1, -0.05) is 18.2 Å². The number of anilines is 3. The third-order valence-electron chi connectivity index (χ3n) is 3.54. The summed E-state index contributed by atoms with van der Waals surface area (Å²) in [4.78, 5) is 6.53. The predicted molar refractivity (Wildman–Crippen MR) is 92.3 cm³/mol. The number of nitrogens with one attached hydrogen (secondary N) is 1. The first-order chi connectivity index (χ1) is 10.7. The van der Waals surface area contributed by atoms with Crippen molar-refractivity contribution >= 4 is 28.0 Å². The Morgan fingerprint density at radius 1 is 1.05 bits per heavy atom. The van der Waals surface area contributed by atoms with Crippen LogP contribution in [0.5, 0.6) is 5.75 Å². The van der Waals surface area contributed by atoms with Crippen molar-refractivity contribution in [3.8, 4) is 5.75 Å². The molecule has 0 saturated carbocycles. The second-order valence-electron chi connectivity index (χ2n) is 5.29. The van der Waals surface area contributed by atoms with Crippen LogP contribution in [0.1, 0.15) is 0 Å². The second kappa shape index (κ2) is 5.93. The average molecular weight is 293 g/mol. The van der Waals surface area contributed by atoms with Crippen LogP contribution in [0.4, 0.5) is 17.2 Å². The average Bonchev–Trinajstić information content (AvgIpc) is 2.54. The summed E-state index contributed by atoms with van der Waals surface area (Å²) in [6.45, 7) is 0.